The Morgan fingerprint density at radius 2 is 2.05 bits per heavy atom. The second-order valence-electron chi connectivity index (χ2n) is 4.69. The third kappa shape index (κ3) is 3.94. The minimum Gasteiger partial charge on any atom is -0.356 e. The molecule has 0 saturated carbocycles. The van der Waals surface area contributed by atoms with Crippen LogP contribution in [0, 0.1) is 11.3 Å². The van der Waals surface area contributed by atoms with Crippen LogP contribution in [-0.4, -0.2) is 5.11 Å². The molecule has 102 valence electrons. The molecule has 0 heterocycles. The number of hydrogen-bond donors (Lipinski definition) is 2. The number of nitriles is 1. The Balaban J connectivity index is 1.91. The van der Waals surface area contributed by atoms with Crippen LogP contribution < -0.4 is 10.6 Å². The summed E-state index contributed by atoms with van der Waals surface area (Å²) in [6.45, 7) is 2.04. The predicted molar refractivity (Wildman–Crippen MR) is 84.9 cm³/mol. The van der Waals surface area contributed by atoms with E-state index in [9.17, 15) is 0 Å². The van der Waals surface area contributed by atoms with Crippen molar-refractivity contribution in [2.45, 2.75) is 25.8 Å². The Labute approximate surface area is 125 Å². The molecule has 1 aromatic carbocycles. The molecule has 1 aromatic rings. The van der Waals surface area contributed by atoms with Gasteiger partial charge in [-0.1, -0.05) is 24.3 Å². The van der Waals surface area contributed by atoms with Crippen LogP contribution in [0.15, 0.2) is 48.2 Å². The maximum atomic E-state index is 8.79. The highest BCUT2D eigenvalue weighted by Gasteiger charge is 2.08. The van der Waals surface area contributed by atoms with Gasteiger partial charge in [-0.05, 0) is 55.8 Å². The van der Waals surface area contributed by atoms with Crippen LogP contribution in [0.3, 0.4) is 0 Å². The molecule has 4 heteroatoms. The van der Waals surface area contributed by atoms with Gasteiger partial charge in [0.1, 0.15) is 0 Å². The lowest BCUT2D eigenvalue weighted by Gasteiger charge is -2.18. The van der Waals surface area contributed by atoms with Crippen molar-refractivity contribution < 1.29 is 0 Å². The van der Waals surface area contributed by atoms with Crippen LogP contribution >= 0.6 is 12.2 Å². The van der Waals surface area contributed by atoms with Crippen LogP contribution in [0.1, 0.15) is 36.9 Å². The Kier molecular flexibility index (Phi) is 4.91. The summed E-state index contributed by atoms with van der Waals surface area (Å²) in [5.74, 6) is 0. The van der Waals surface area contributed by atoms with Crippen molar-refractivity contribution >= 4 is 17.3 Å². The lowest BCUT2D eigenvalue weighted by Crippen LogP contribution is -2.36. The Hall–Kier alpha value is -2.12. The van der Waals surface area contributed by atoms with E-state index in [1.807, 2.05) is 37.3 Å². The Bertz CT molecular complexity index is 579. The summed E-state index contributed by atoms with van der Waals surface area (Å²) in [5.41, 5.74) is 2.81. The fourth-order valence-electron chi connectivity index (χ4n) is 2.00. The van der Waals surface area contributed by atoms with E-state index < -0.39 is 0 Å². The average Bonchev–Trinajstić information content (AvgIpc) is 2.48. The second kappa shape index (κ2) is 6.88. The highest BCUT2D eigenvalue weighted by Crippen LogP contribution is 2.13. The van der Waals surface area contributed by atoms with Gasteiger partial charge in [0.2, 0.25) is 0 Å². The average molecular weight is 283 g/mol. The highest BCUT2D eigenvalue weighted by molar-refractivity contribution is 7.80. The summed E-state index contributed by atoms with van der Waals surface area (Å²) < 4.78 is 0. The van der Waals surface area contributed by atoms with Gasteiger partial charge in [-0.15, -0.1) is 0 Å². The van der Waals surface area contributed by atoms with Crippen molar-refractivity contribution in [3.63, 3.8) is 0 Å². The Morgan fingerprint density at radius 3 is 2.65 bits per heavy atom. The molecule has 0 spiro atoms. The number of thiocarbonyl (C=S) groups is 1. The number of allylic oxidation sites excluding steroid dienone is 3. The molecule has 0 radical (unpaired) electrons. The highest BCUT2D eigenvalue weighted by atomic mass is 32.1. The SMILES string of the molecule is CC(NC(=S)NC1=CCCC=C1)c1ccc(C#N)cc1. The monoisotopic (exact) mass is 283 g/mol. The summed E-state index contributed by atoms with van der Waals surface area (Å²) in [6.07, 6.45) is 8.46. The van der Waals surface area contributed by atoms with E-state index in [4.69, 9.17) is 17.5 Å². The van der Waals surface area contributed by atoms with Crippen molar-refractivity contribution in [1.29, 1.82) is 5.26 Å². The third-order valence-corrected chi connectivity index (χ3v) is 3.36. The summed E-state index contributed by atoms with van der Waals surface area (Å²) in [6, 6.07) is 9.73. The largest absolute Gasteiger partial charge is 0.356 e. The van der Waals surface area contributed by atoms with E-state index in [0.717, 1.165) is 24.1 Å². The molecule has 0 aliphatic heterocycles. The van der Waals surface area contributed by atoms with E-state index >= 15 is 0 Å². The molecular formula is C16H17N3S. The first-order valence-corrected chi connectivity index (χ1v) is 7.04. The van der Waals surface area contributed by atoms with Crippen LogP contribution in [0.4, 0.5) is 0 Å². The van der Waals surface area contributed by atoms with Gasteiger partial charge in [0.15, 0.2) is 5.11 Å². The standard InChI is InChI=1S/C16H17N3S/c1-12(14-9-7-13(11-17)8-10-14)18-16(20)19-15-5-3-2-4-6-15/h3,5-10,12H,2,4H2,1H3,(H2,18,19,20). The smallest absolute Gasteiger partial charge is 0.171 e. The van der Waals surface area contributed by atoms with Gasteiger partial charge >= 0.3 is 0 Å². The predicted octanol–water partition coefficient (Wildman–Crippen LogP) is 3.32. The van der Waals surface area contributed by atoms with E-state index in [2.05, 4.69) is 28.9 Å². The summed E-state index contributed by atoms with van der Waals surface area (Å²) in [5, 5.41) is 15.8. The van der Waals surface area contributed by atoms with Crippen molar-refractivity contribution in [2.75, 3.05) is 0 Å². The molecule has 1 unspecified atom stereocenters. The fraction of sp³-hybridized carbons (Fsp3) is 0.250. The van der Waals surface area contributed by atoms with Gasteiger partial charge in [0.05, 0.1) is 17.7 Å². The normalized spacial score (nSPS) is 14.9. The van der Waals surface area contributed by atoms with Gasteiger partial charge in [0.25, 0.3) is 0 Å². The topological polar surface area (TPSA) is 47.8 Å². The molecule has 3 nitrogen and oxygen atoms in total. The molecule has 2 rings (SSSR count). The van der Waals surface area contributed by atoms with Gasteiger partial charge < -0.3 is 10.6 Å². The number of hydrogen-bond acceptors (Lipinski definition) is 2. The van der Waals surface area contributed by atoms with Gasteiger partial charge in [-0.25, -0.2) is 0 Å². The first-order valence-electron chi connectivity index (χ1n) is 6.63. The maximum absolute atomic E-state index is 8.79. The molecule has 0 amide bonds. The van der Waals surface area contributed by atoms with Crippen molar-refractivity contribution in [2.24, 2.45) is 0 Å². The molecule has 20 heavy (non-hydrogen) atoms. The zero-order chi connectivity index (χ0) is 14.4. The van der Waals surface area contributed by atoms with E-state index in [-0.39, 0.29) is 6.04 Å². The zero-order valence-corrected chi connectivity index (χ0v) is 12.2. The van der Waals surface area contributed by atoms with Gasteiger partial charge in [0, 0.05) is 5.70 Å². The minimum atomic E-state index is 0.0934. The summed E-state index contributed by atoms with van der Waals surface area (Å²) in [4.78, 5) is 0. The number of nitrogens with one attached hydrogen (secondary N) is 2. The lowest BCUT2D eigenvalue weighted by atomic mass is 10.1. The van der Waals surface area contributed by atoms with E-state index in [1.165, 1.54) is 0 Å². The number of nitrogens with zero attached hydrogens (tertiary/aromatic N) is 1. The number of benzene rings is 1. The first kappa shape index (κ1) is 14.3. The van der Waals surface area contributed by atoms with Crippen LogP contribution in [0.2, 0.25) is 0 Å². The van der Waals surface area contributed by atoms with Crippen molar-refractivity contribution in [3.8, 4) is 6.07 Å². The summed E-state index contributed by atoms with van der Waals surface area (Å²) >= 11 is 5.31. The Morgan fingerprint density at radius 1 is 1.30 bits per heavy atom. The maximum Gasteiger partial charge on any atom is 0.171 e. The quantitative estimate of drug-likeness (QED) is 0.836. The molecule has 1 atom stereocenters. The molecule has 1 aliphatic carbocycles. The molecular weight excluding hydrogens is 266 g/mol. The van der Waals surface area contributed by atoms with E-state index in [0.29, 0.717) is 10.7 Å². The van der Waals surface area contributed by atoms with Crippen LogP contribution in [-0.2, 0) is 0 Å². The third-order valence-electron chi connectivity index (χ3n) is 3.14. The second-order valence-corrected chi connectivity index (χ2v) is 5.10. The summed E-state index contributed by atoms with van der Waals surface area (Å²) in [7, 11) is 0. The van der Waals surface area contributed by atoms with Crippen molar-refractivity contribution in [3.05, 3.63) is 59.3 Å². The zero-order valence-electron chi connectivity index (χ0n) is 11.4. The fourth-order valence-corrected chi connectivity index (χ4v) is 2.29. The molecule has 2 N–H and O–H groups in total. The van der Waals surface area contributed by atoms with Gasteiger partial charge in [-0.2, -0.15) is 5.26 Å². The minimum absolute atomic E-state index is 0.0934. The lowest BCUT2D eigenvalue weighted by molar-refractivity contribution is 0.710. The molecule has 1 aliphatic rings. The van der Waals surface area contributed by atoms with Crippen LogP contribution in [0.5, 0.6) is 0 Å². The molecule has 0 bridgehead atoms. The van der Waals surface area contributed by atoms with Crippen molar-refractivity contribution in [1.82, 2.24) is 10.6 Å². The molecule has 0 aromatic heterocycles. The van der Waals surface area contributed by atoms with Gasteiger partial charge in [-0.3, -0.25) is 0 Å². The molecule has 0 saturated heterocycles. The van der Waals surface area contributed by atoms with E-state index in [1.54, 1.807) is 0 Å². The first-order chi connectivity index (χ1) is 9.69. The molecule has 0 fully saturated rings. The van der Waals surface area contributed by atoms with Crippen LogP contribution in [0.25, 0.3) is 0 Å². The number of rotatable bonds is 3.